The fourth-order valence-corrected chi connectivity index (χ4v) is 2.87. The van der Waals surface area contributed by atoms with E-state index in [-0.39, 0.29) is 6.61 Å². The van der Waals surface area contributed by atoms with Gasteiger partial charge in [0.1, 0.15) is 10.6 Å². The summed E-state index contributed by atoms with van der Waals surface area (Å²) in [5, 5.41) is 4.29. The number of carbonyl (C=O) groups is 1. The fourth-order valence-electron chi connectivity index (χ4n) is 2.09. The lowest BCUT2D eigenvalue weighted by atomic mass is 10.2. The van der Waals surface area contributed by atoms with Crippen molar-refractivity contribution in [1.82, 2.24) is 14.0 Å². The first-order chi connectivity index (χ1) is 12.0. The number of ether oxygens (including phenoxy) is 1. The largest absolute Gasteiger partial charge is 0.484 e. The maximum atomic E-state index is 12.4. The van der Waals surface area contributed by atoms with Gasteiger partial charge in [-0.3, -0.25) is 14.6 Å². The zero-order valence-electron chi connectivity index (χ0n) is 13.1. The molecular formula is C15H13N5O4S. The molecule has 0 fully saturated rings. The Kier molecular flexibility index (Phi) is 4.44. The van der Waals surface area contributed by atoms with Crippen molar-refractivity contribution < 1.29 is 9.53 Å². The molecule has 3 rings (SSSR count). The van der Waals surface area contributed by atoms with Crippen LogP contribution in [0.2, 0.25) is 0 Å². The van der Waals surface area contributed by atoms with Crippen molar-refractivity contribution in [3.05, 3.63) is 56.4 Å². The number of carbonyl (C=O) groups excluding carboxylic acids is 1. The highest BCUT2D eigenvalue weighted by atomic mass is 32.1. The van der Waals surface area contributed by atoms with Crippen LogP contribution in [0, 0.1) is 6.92 Å². The van der Waals surface area contributed by atoms with Crippen molar-refractivity contribution in [2.45, 2.75) is 6.92 Å². The number of aromatic amines is 1. The van der Waals surface area contributed by atoms with Gasteiger partial charge in [-0.15, -0.1) is 4.68 Å². The number of rotatable bonds is 5. The quantitative estimate of drug-likeness (QED) is 0.628. The lowest BCUT2D eigenvalue weighted by Gasteiger charge is -2.03. The summed E-state index contributed by atoms with van der Waals surface area (Å²) >= 11 is 1.06. The summed E-state index contributed by atoms with van der Waals surface area (Å²) in [6.45, 7) is 1.48. The number of aryl methyl sites for hydroxylation is 1. The zero-order valence-corrected chi connectivity index (χ0v) is 13.9. The van der Waals surface area contributed by atoms with Gasteiger partial charge in [-0.2, -0.15) is 9.47 Å². The fraction of sp³-hybridized carbons (Fsp3) is 0.133. The number of nitrogens with zero attached hydrogens (tertiary/aromatic N) is 3. The number of nitrogens with one attached hydrogen (secondary N) is 1. The average Bonchev–Trinajstić information content (AvgIpc) is 2.94. The molecule has 0 spiro atoms. The number of aromatic nitrogens is 3. The number of nitrogens with two attached hydrogens (primary N) is 1. The average molecular weight is 359 g/mol. The van der Waals surface area contributed by atoms with Crippen molar-refractivity contribution in [2.24, 2.45) is 10.8 Å². The predicted molar refractivity (Wildman–Crippen MR) is 93.4 cm³/mol. The molecule has 0 aliphatic heterocycles. The van der Waals surface area contributed by atoms with Crippen molar-refractivity contribution in [3.63, 3.8) is 0 Å². The van der Waals surface area contributed by atoms with Crippen LogP contribution in [0.1, 0.15) is 11.3 Å². The van der Waals surface area contributed by atoms with E-state index >= 15 is 0 Å². The van der Waals surface area contributed by atoms with Gasteiger partial charge in [0, 0.05) is 0 Å². The van der Waals surface area contributed by atoms with E-state index in [9.17, 15) is 14.4 Å². The van der Waals surface area contributed by atoms with Gasteiger partial charge in [0.2, 0.25) is 0 Å². The molecular weight excluding hydrogens is 346 g/mol. The van der Waals surface area contributed by atoms with Crippen molar-refractivity contribution >= 4 is 33.9 Å². The van der Waals surface area contributed by atoms with Gasteiger partial charge in [-0.1, -0.05) is 0 Å². The highest BCUT2D eigenvalue weighted by Gasteiger charge is 2.11. The standard InChI is InChI=1S/C15H13N5O4S/c1-8-12-13(25-19-8)18-15(23)20(14(12)22)17-6-9-2-4-10(5-3-9)24-7-11(16)21/h2-6H,7H2,1H3,(H2,16,21)(H,18,23)/b17-6+. The van der Waals surface area contributed by atoms with Crippen LogP contribution in [0.5, 0.6) is 5.75 Å². The molecule has 0 atom stereocenters. The molecule has 2 heterocycles. The van der Waals surface area contributed by atoms with Crippen LogP contribution in [0.25, 0.3) is 10.2 Å². The van der Waals surface area contributed by atoms with E-state index in [2.05, 4.69) is 14.5 Å². The summed E-state index contributed by atoms with van der Waals surface area (Å²) in [6, 6.07) is 6.56. The van der Waals surface area contributed by atoms with Crippen LogP contribution in [-0.2, 0) is 4.79 Å². The second kappa shape index (κ2) is 6.69. The SMILES string of the molecule is Cc1nsc2[nH]c(=O)n(/N=C/c3ccc(OCC(N)=O)cc3)c(=O)c12. The van der Waals surface area contributed by atoms with Gasteiger partial charge in [0.25, 0.3) is 11.5 Å². The van der Waals surface area contributed by atoms with Gasteiger partial charge >= 0.3 is 5.69 Å². The molecule has 0 radical (unpaired) electrons. The minimum Gasteiger partial charge on any atom is -0.484 e. The Morgan fingerprint density at radius 2 is 2.12 bits per heavy atom. The normalized spacial score (nSPS) is 11.2. The maximum Gasteiger partial charge on any atom is 0.350 e. The summed E-state index contributed by atoms with van der Waals surface area (Å²) in [5.41, 5.74) is 5.01. The van der Waals surface area contributed by atoms with Crippen molar-refractivity contribution in [2.75, 3.05) is 6.61 Å². The molecule has 0 bridgehead atoms. The van der Waals surface area contributed by atoms with Crippen LogP contribution in [0.15, 0.2) is 39.0 Å². The lowest BCUT2D eigenvalue weighted by Crippen LogP contribution is -2.32. The van der Waals surface area contributed by atoms with E-state index in [1.807, 2.05) is 0 Å². The summed E-state index contributed by atoms with van der Waals surface area (Å²) in [4.78, 5) is 38.1. The second-order valence-electron chi connectivity index (χ2n) is 5.09. The first kappa shape index (κ1) is 16.6. The molecule has 0 saturated heterocycles. The van der Waals surface area contributed by atoms with E-state index in [4.69, 9.17) is 10.5 Å². The molecule has 2 aromatic heterocycles. The molecule has 0 unspecified atom stereocenters. The lowest BCUT2D eigenvalue weighted by molar-refractivity contribution is -0.119. The third kappa shape index (κ3) is 3.48. The van der Waals surface area contributed by atoms with Crippen LogP contribution < -0.4 is 21.7 Å². The van der Waals surface area contributed by atoms with E-state index in [0.29, 0.717) is 27.2 Å². The number of amides is 1. The van der Waals surface area contributed by atoms with E-state index in [1.54, 1.807) is 31.2 Å². The molecule has 3 N–H and O–H groups in total. The highest BCUT2D eigenvalue weighted by molar-refractivity contribution is 7.12. The van der Waals surface area contributed by atoms with E-state index in [1.165, 1.54) is 6.21 Å². The van der Waals surface area contributed by atoms with Crippen LogP contribution >= 0.6 is 11.5 Å². The van der Waals surface area contributed by atoms with E-state index < -0.39 is 17.2 Å². The van der Waals surface area contributed by atoms with Crippen molar-refractivity contribution in [3.8, 4) is 5.75 Å². The smallest absolute Gasteiger partial charge is 0.350 e. The first-order valence-electron chi connectivity index (χ1n) is 7.12. The Bertz CT molecular complexity index is 1080. The zero-order chi connectivity index (χ0) is 18.0. The molecule has 1 aromatic carbocycles. The third-order valence-corrected chi connectivity index (χ3v) is 4.12. The highest BCUT2D eigenvalue weighted by Crippen LogP contribution is 2.14. The molecule has 3 aromatic rings. The Morgan fingerprint density at radius 1 is 1.40 bits per heavy atom. The molecule has 25 heavy (non-hydrogen) atoms. The minimum absolute atomic E-state index is 0.216. The molecule has 128 valence electrons. The Balaban J connectivity index is 1.88. The Hall–Kier alpha value is -3.27. The van der Waals surface area contributed by atoms with Crippen LogP contribution in [0.3, 0.4) is 0 Å². The van der Waals surface area contributed by atoms with Gasteiger partial charge < -0.3 is 10.5 Å². The summed E-state index contributed by atoms with van der Waals surface area (Å²) in [7, 11) is 0. The number of fused-ring (bicyclic) bond motifs is 1. The summed E-state index contributed by atoms with van der Waals surface area (Å²) < 4.78 is 9.95. The second-order valence-corrected chi connectivity index (χ2v) is 5.86. The number of hydrogen-bond acceptors (Lipinski definition) is 7. The van der Waals surface area contributed by atoms with Gasteiger partial charge in [0.15, 0.2) is 6.61 Å². The topological polar surface area (TPSA) is 132 Å². The molecule has 1 amide bonds. The van der Waals surface area contributed by atoms with Crippen LogP contribution in [-0.4, -0.2) is 32.8 Å². The van der Waals surface area contributed by atoms with Crippen molar-refractivity contribution in [1.29, 1.82) is 0 Å². The third-order valence-electron chi connectivity index (χ3n) is 3.27. The molecule has 0 aliphatic rings. The molecule has 9 nitrogen and oxygen atoms in total. The monoisotopic (exact) mass is 359 g/mol. The number of hydrogen-bond donors (Lipinski definition) is 2. The predicted octanol–water partition coefficient (Wildman–Crippen LogP) is 0.201. The van der Waals surface area contributed by atoms with Crippen LogP contribution in [0.4, 0.5) is 0 Å². The molecule has 10 heteroatoms. The number of H-pyrrole nitrogens is 1. The van der Waals surface area contributed by atoms with Gasteiger partial charge in [-0.25, -0.2) is 4.79 Å². The number of primary amides is 1. The first-order valence-corrected chi connectivity index (χ1v) is 7.90. The Morgan fingerprint density at radius 3 is 2.80 bits per heavy atom. The molecule has 0 aliphatic carbocycles. The molecule has 0 saturated carbocycles. The summed E-state index contributed by atoms with van der Waals surface area (Å²) in [5.74, 6) is -0.106. The van der Waals surface area contributed by atoms with E-state index in [0.717, 1.165) is 16.2 Å². The van der Waals surface area contributed by atoms with Gasteiger partial charge in [0.05, 0.1) is 17.3 Å². The Labute approximate surface area is 144 Å². The number of benzene rings is 1. The maximum absolute atomic E-state index is 12.4. The van der Waals surface area contributed by atoms with Gasteiger partial charge in [-0.05, 0) is 48.3 Å². The minimum atomic E-state index is -0.640. The summed E-state index contributed by atoms with van der Waals surface area (Å²) in [6.07, 6.45) is 1.37.